The summed E-state index contributed by atoms with van der Waals surface area (Å²) in [5.74, 6) is 0.151. The maximum atomic E-state index is 11.6. The van der Waals surface area contributed by atoms with Crippen LogP contribution in [0, 0.1) is 0 Å². The molecule has 0 atom stereocenters. The molecule has 25 heavy (non-hydrogen) atoms. The van der Waals surface area contributed by atoms with E-state index in [4.69, 9.17) is 37.4 Å². The Morgan fingerprint density at radius 3 is 2.52 bits per heavy atom. The standard InChI is InChI=1S/C17H23Cl2NO5/c1-17(2,3)25-16(22)20-8-10-24-15(21)5-4-9-23-14-7-6-12(18)11-13(14)19/h6-7,11H,4-5,8-10H2,1-3H3,(H,20,22). The summed E-state index contributed by atoms with van der Waals surface area (Å²) in [6, 6.07) is 4.93. The lowest BCUT2D eigenvalue weighted by atomic mass is 10.2. The highest BCUT2D eigenvalue weighted by molar-refractivity contribution is 6.35. The molecule has 1 rings (SSSR count). The van der Waals surface area contributed by atoms with Crippen molar-refractivity contribution in [3.05, 3.63) is 28.2 Å². The number of carbonyl (C=O) groups excluding carboxylic acids is 2. The smallest absolute Gasteiger partial charge is 0.407 e. The van der Waals surface area contributed by atoms with Gasteiger partial charge in [-0.3, -0.25) is 4.79 Å². The number of benzene rings is 1. The van der Waals surface area contributed by atoms with E-state index in [-0.39, 0.29) is 25.5 Å². The van der Waals surface area contributed by atoms with Gasteiger partial charge in [-0.25, -0.2) is 4.79 Å². The minimum absolute atomic E-state index is 0.0853. The van der Waals surface area contributed by atoms with Gasteiger partial charge in [-0.2, -0.15) is 0 Å². The summed E-state index contributed by atoms with van der Waals surface area (Å²) < 4.78 is 15.5. The topological polar surface area (TPSA) is 73.9 Å². The van der Waals surface area contributed by atoms with Gasteiger partial charge in [0.1, 0.15) is 18.0 Å². The van der Waals surface area contributed by atoms with Crippen molar-refractivity contribution in [3.63, 3.8) is 0 Å². The van der Waals surface area contributed by atoms with Crippen molar-refractivity contribution >= 4 is 35.3 Å². The molecule has 0 unspecified atom stereocenters. The molecule has 0 spiro atoms. The van der Waals surface area contributed by atoms with Gasteiger partial charge in [0.15, 0.2) is 0 Å². The summed E-state index contributed by atoms with van der Waals surface area (Å²) in [6.45, 7) is 5.91. The zero-order valence-electron chi connectivity index (χ0n) is 14.6. The average molecular weight is 392 g/mol. The second kappa shape index (κ2) is 10.4. The maximum absolute atomic E-state index is 11.6. The number of hydrogen-bond acceptors (Lipinski definition) is 5. The number of amides is 1. The normalized spacial score (nSPS) is 10.9. The van der Waals surface area contributed by atoms with Crippen LogP contribution in [0.3, 0.4) is 0 Å². The van der Waals surface area contributed by atoms with E-state index in [2.05, 4.69) is 5.32 Å². The van der Waals surface area contributed by atoms with Crippen molar-refractivity contribution in [2.75, 3.05) is 19.8 Å². The summed E-state index contributed by atoms with van der Waals surface area (Å²) in [5.41, 5.74) is -0.562. The highest BCUT2D eigenvalue weighted by Crippen LogP contribution is 2.27. The number of ether oxygens (including phenoxy) is 3. The van der Waals surface area contributed by atoms with E-state index in [1.54, 1.807) is 39.0 Å². The highest BCUT2D eigenvalue weighted by Gasteiger charge is 2.15. The highest BCUT2D eigenvalue weighted by atomic mass is 35.5. The van der Waals surface area contributed by atoms with Gasteiger partial charge in [0.05, 0.1) is 18.2 Å². The van der Waals surface area contributed by atoms with Crippen LogP contribution in [0.25, 0.3) is 0 Å². The molecule has 1 amide bonds. The minimum atomic E-state index is -0.562. The first-order valence-corrected chi connectivity index (χ1v) is 8.63. The summed E-state index contributed by atoms with van der Waals surface area (Å²) in [7, 11) is 0. The first-order valence-electron chi connectivity index (χ1n) is 7.88. The lowest BCUT2D eigenvalue weighted by Gasteiger charge is -2.19. The van der Waals surface area contributed by atoms with Crippen molar-refractivity contribution in [2.45, 2.75) is 39.2 Å². The van der Waals surface area contributed by atoms with Crippen LogP contribution in [-0.2, 0) is 14.3 Å². The fraction of sp³-hybridized carbons (Fsp3) is 0.529. The number of rotatable bonds is 8. The molecular weight excluding hydrogens is 369 g/mol. The largest absolute Gasteiger partial charge is 0.492 e. The van der Waals surface area contributed by atoms with Crippen molar-refractivity contribution in [3.8, 4) is 5.75 Å². The van der Waals surface area contributed by atoms with Crippen LogP contribution in [0.4, 0.5) is 4.79 Å². The molecule has 0 radical (unpaired) electrons. The molecular formula is C17H23Cl2NO5. The molecule has 0 aromatic heterocycles. The third-order valence-corrected chi connectivity index (χ3v) is 3.24. The van der Waals surface area contributed by atoms with Crippen molar-refractivity contribution in [1.82, 2.24) is 5.32 Å². The number of carbonyl (C=O) groups is 2. The SMILES string of the molecule is CC(C)(C)OC(=O)NCCOC(=O)CCCOc1ccc(Cl)cc1Cl. The molecule has 0 bridgehead atoms. The maximum Gasteiger partial charge on any atom is 0.407 e. The number of alkyl carbamates (subject to hydrolysis) is 1. The molecule has 1 aromatic carbocycles. The second-order valence-electron chi connectivity index (χ2n) is 6.18. The summed E-state index contributed by atoms with van der Waals surface area (Å²) in [6.07, 6.45) is 0.145. The van der Waals surface area contributed by atoms with Crippen molar-refractivity contribution < 1.29 is 23.8 Å². The van der Waals surface area contributed by atoms with Crippen molar-refractivity contribution in [1.29, 1.82) is 0 Å². The Morgan fingerprint density at radius 2 is 1.88 bits per heavy atom. The van der Waals surface area contributed by atoms with E-state index in [0.717, 1.165) is 0 Å². The molecule has 140 valence electrons. The molecule has 1 aromatic rings. The van der Waals surface area contributed by atoms with Crippen LogP contribution in [0.1, 0.15) is 33.6 Å². The molecule has 8 heteroatoms. The summed E-state index contributed by atoms with van der Waals surface area (Å²) in [5, 5.41) is 3.45. The zero-order chi connectivity index (χ0) is 18.9. The van der Waals surface area contributed by atoms with Gasteiger partial charge in [0, 0.05) is 11.4 Å². The van der Waals surface area contributed by atoms with Gasteiger partial charge in [-0.15, -0.1) is 0 Å². The van der Waals surface area contributed by atoms with Gasteiger partial charge in [-0.05, 0) is 45.4 Å². The molecule has 0 aliphatic rings. The van der Waals surface area contributed by atoms with Crippen LogP contribution in [0.5, 0.6) is 5.75 Å². The fourth-order valence-corrected chi connectivity index (χ4v) is 2.16. The lowest BCUT2D eigenvalue weighted by molar-refractivity contribution is -0.143. The molecule has 1 N–H and O–H groups in total. The average Bonchev–Trinajstić information content (AvgIpc) is 2.48. The summed E-state index contributed by atoms with van der Waals surface area (Å²) in [4.78, 5) is 23.0. The van der Waals surface area contributed by atoms with E-state index in [0.29, 0.717) is 28.8 Å². The van der Waals surface area contributed by atoms with Crippen LogP contribution >= 0.6 is 23.2 Å². The van der Waals surface area contributed by atoms with E-state index in [9.17, 15) is 9.59 Å². The Balaban J connectivity index is 2.10. The predicted molar refractivity (Wildman–Crippen MR) is 96.4 cm³/mol. The minimum Gasteiger partial charge on any atom is -0.492 e. The number of nitrogens with one attached hydrogen (secondary N) is 1. The van der Waals surface area contributed by atoms with Crippen LogP contribution in [0.2, 0.25) is 10.0 Å². The Labute approximate surface area is 157 Å². The lowest BCUT2D eigenvalue weighted by Crippen LogP contribution is -2.34. The van der Waals surface area contributed by atoms with Gasteiger partial charge in [0.2, 0.25) is 0 Å². The van der Waals surface area contributed by atoms with Gasteiger partial charge < -0.3 is 19.5 Å². The van der Waals surface area contributed by atoms with Gasteiger partial charge in [-0.1, -0.05) is 23.2 Å². The monoisotopic (exact) mass is 391 g/mol. The number of esters is 1. The Kier molecular flexibility index (Phi) is 8.86. The number of halogens is 2. The third-order valence-electron chi connectivity index (χ3n) is 2.71. The molecule has 0 aliphatic heterocycles. The Bertz CT molecular complexity index is 587. The van der Waals surface area contributed by atoms with Crippen LogP contribution in [0.15, 0.2) is 18.2 Å². The summed E-state index contributed by atoms with van der Waals surface area (Å²) >= 11 is 11.8. The van der Waals surface area contributed by atoms with E-state index >= 15 is 0 Å². The van der Waals surface area contributed by atoms with E-state index in [1.807, 2.05) is 0 Å². The fourth-order valence-electron chi connectivity index (χ4n) is 1.70. The van der Waals surface area contributed by atoms with Crippen LogP contribution < -0.4 is 10.1 Å². The molecule has 0 aliphatic carbocycles. The third kappa shape index (κ3) is 10.0. The molecule has 0 heterocycles. The number of hydrogen-bond donors (Lipinski definition) is 1. The van der Waals surface area contributed by atoms with Crippen molar-refractivity contribution in [2.24, 2.45) is 0 Å². The molecule has 6 nitrogen and oxygen atoms in total. The van der Waals surface area contributed by atoms with E-state index in [1.165, 1.54) is 0 Å². The van der Waals surface area contributed by atoms with Crippen LogP contribution in [-0.4, -0.2) is 37.4 Å². The molecule has 0 saturated carbocycles. The Hall–Kier alpha value is -1.66. The Morgan fingerprint density at radius 1 is 1.16 bits per heavy atom. The van der Waals surface area contributed by atoms with Gasteiger partial charge in [0.25, 0.3) is 0 Å². The first-order chi connectivity index (χ1) is 11.7. The molecule has 0 fully saturated rings. The van der Waals surface area contributed by atoms with Gasteiger partial charge >= 0.3 is 12.1 Å². The van der Waals surface area contributed by atoms with E-state index < -0.39 is 11.7 Å². The predicted octanol–water partition coefficient (Wildman–Crippen LogP) is 4.22. The quantitative estimate of drug-likeness (QED) is 0.530. The molecule has 0 saturated heterocycles. The first kappa shape index (κ1) is 21.4. The zero-order valence-corrected chi connectivity index (χ0v) is 16.1. The second-order valence-corrected chi connectivity index (χ2v) is 7.02.